The highest BCUT2D eigenvalue weighted by molar-refractivity contribution is 7.89. The lowest BCUT2D eigenvalue weighted by Crippen LogP contribution is -2.37. The average Bonchev–Trinajstić information content (AvgIpc) is 2.47. The zero-order chi connectivity index (χ0) is 15.9. The highest BCUT2D eigenvalue weighted by Gasteiger charge is 2.28. The number of benzene rings is 1. The van der Waals surface area contributed by atoms with Gasteiger partial charge in [-0.15, -0.1) is 0 Å². The number of nitrogens with zero attached hydrogens (tertiary/aromatic N) is 1. The molecule has 0 unspecified atom stereocenters. The predicted molar refractivity (Wildman–Crippen MR) is 86.5 cm³/mol. The first-order valence-electron chi connectivity index (χ1n) is 7.52. The first kappa shape index (κ1) is 15.2. The summed E-state index contributed by atoms with van der Waals surface area (Å²) in [7, 11) is -3.46. The van der Waals surface area contributed by atoms with Crippen molar-refractivity contribution in [3.63, 3.8) is 0 Å². The van der Waals surface area contributed by atoms with Crippen LogP contribution in [-0.2, 0) is 10.0 Å². The van der Waals surface area contributed by atoms with Crippen LogP contribution in [0.25, 0.3) is 10.9 Å². The third kappa shape index (κ3) is 2.68. The van der Waals surface area contributed by atoms with Crippen LogP contribution in [0.1, 0.15) is 25.3 Å². The van der Waals surface area contributed by atoms with E-state index in [1.807, 2.05) is 6.92 Å². The zero-order valence-electron chi connectivity index (χ0n) is 12.8. The van der Waals surface area contributed by atoms with Crippen LogP contribution in [0.5, 0.6) is 0 Å². The Morgan fingerprint density at radius 2 is 1.86 bits per heavy atom. The first-order valence-corrected chi connectivity index (χ1v) is 8.96. The second-order valence-corrected chi connectivity index (χ2v) is 8.05. The van der Waals surface area contributed by atoms with Crippen molar-refractivity contribution in [3.05, 3.63) is 40.2 Å². The van der Waals surface area contributed by atoms with Crippen LogP contribution < -0.4 is 5.56 Å². The lowest BCUT2D eigenvalue weighted by molar-refractivity contribution is 0.288. The van der Waals surface area contributed by atoms with Gasteiger partial charge in [0.2, 0.25) is 15.6 Å². The van der Waals surface area contributed by atoms with Gasteiger partial charge in [-0.05, 0) is 49.4 Å². The van der Waals surface area contributed by atoms with Crippen molar-refractivity contribution < 1.29 is 8.42 Å². The number of rotatable bonds is 2. The molecule has 1 aromatic carbocycles. The fourth-order valence-electron chi connectivity index (χ4n) is 2.94. The first-order chi connectivity index (χ1) is 10.4. The Morgan fingerprint density at radius 1 is 1.18 bits per heavy atom. The van der Waals surface area contributed by atoms with E-state index in [1.54, 1.807) is 22.5 Å². The number of aryl methyl sites for hydroxylation is 1. The van der Waals surface area contributed by atoms with Gasteiger partial charge in [0.25, 0.3) is 0 Å². The molecule has 1 aliphatic rings. The molecule has 5 nitrogen and oxygen atoms in total. The maximum Gasteiger partial charge on any atom is 0.248 e. The van der Waals surface area contributed by atoms with Gasteiger partial charge in [-0.3, -0.25) is 4.79 Å². The Kier molecular flexibility index (Phi) is 3.82. The van der Waals surface area contributed by atoms with Gasteiger partial charge in [0.15, 0.2) is 0 Å². The van der Waals surface area contributed by atoms with Gasteiger partial charge in [-0.2, -0.15) is 4.31 Å². The maximum atomic E-state index is 12.8. The SMILES string of the molecule is Cc1cc(=O)[nH]c2ccc(S(=O)(=O)N3CCC(C)CC3)cc12. The van der Waals surface area contributed by atoms with E-state index in [0.29, 0.717) is 29.4 Å². The van der Waals surface area contributed by atoms with E-state index >= 15 is 0 Å². The van der Waals surface area contributed by atoms with Gasteiger partial charge in [-0.25, -0.2) is 8.42 Å². The molecular formula is C16H20N2O3S. The zero-order valence-corrected chi connectivity index (χ0v) is 13.6. The summed E-state index contributed by atoms with van der Waals surface area (Å²) in [5, 5.41) is 0.769. The second-order valence-electron chi connectivity index (χ2n) is 6.11. The van der Waals surface area contributed by atoms with E-state index in [-0.39, 0.29) is 5.56 Å². The normalized spacial score (nSPS) is 17.9. The van der Waals surface area contributed by atoms with Crippen LogP contribution in [-0.4, -0.2) is 30.8 Å². The number of fused-ring (bicyclic) bond motifs is 1. The fourth-order valence-corrected chi connectivity index (χ4v) is 4.43. The molecule has 0 saturated carbocycles. The molecule has 1 N–H and O–H groups in total. The lowest BCUT2D eigenvalue weighted by atomic mass is 10.0. The van der Waals surface area contributed by atoms with Crippen LogP contribution >= 0.6 is 0 Å². The number of aromatic amines is 1. The molecule has 6 heteroatoms. The summed E-state index contributed by atoms with van der Waals surface area (Å²) in [5.41, 5.74) is 1.27. The molecular weight excluding hydrogens is 300 g/mol. The molecule has 3 rings (SSSR count). The third-order valence-electron chi connectivity index (χ3n) is 4.40. The number of aromatic nitrogens is 1. The predicted octanol–water partition coefficient (Wildman–Crippen LogP) is 2.26. The van der Waals surface area contributed by atoms with E-state index in [9.17, 15) is 13.2 Å². The molecule has 2 aromatic rings. The standard InChI is InChI=1S/C16H20N2O3S/c1-11-5-7-18(8-6-11)22(20,21)13-3-4-15-14(10-13)12(2)9-16(19)17-15/h3-4,9-11H,5-8H2,1-2H3,(H,17,19). The topological polar surface area (TPSA) is 70.2 Å². The number of H-pyrrole nitrogens is 1. The van der Waals surface area contributed by atoms with E-state index < -0.39 is 10.0 Å². The molecule has 2 heterocycles. The van der Waals surface area contributed by atoms with Crippen molar-refractivity contribution in [2.24, 2.45) is 5.92 Å². The minimum absolute atomic E-state index is 0.175. The average molecular weight is 320 g/mol. The molecule has 0 spiro atoms. The Labute approximate surface area is 130 Å². The van der Waals surface area contributed by atoms with Gasteiger partial charge in [-0.1, -0.05) is 6.92 Å². The van der Waals surface area contributed by atoms with Crippen molar-refractivity contribution in [1.82, 2.24) is 9.29 Å². The lowest BCUT2D eigenvalue weighted by Gasteiger charge is -2.29. The van der Waals surface area contributed by atoms with Gasteiger partial charge < -0.3 is 4.98 Å². The third-order valence-corrected chi connectivity index (χ3v) is 6.30. The van der Waals surface area contributed by atoms with Crippen LogP contribution in [0.4, 0.5) is 0 Å². The molecule has 22 heavy (non-hydrogen) atoms. The van der Waals surface area contributed by atoms with Crippen molar-refractivity contribution in [2.75, 3.05) is 13.1 Å². The molecule has 1 saturated heterocycles. The van der Waals surface area contributed by atoms with Crippen LogP contribution in [0, 0.1) is 12.8 Å². The fraction of sp³-hybridized carbons (Fsp3) is 0.438. The minimum Gasteiger partial charge on any atom is -0.322 e. The largest absolute Gasteiger partial charge is 0.322 e. The van der Waals surface area contributed by atoms with Crippen LogP contribution in [0.2, 0.25) is 0 Å². The second kappa shape index (κ2) is 5.52. The quantitative estimate of drug-likeness (QED) is 0.922. The van der Waals surface area contributed by atoms with E-state index in [1.165, 1.54) is 6.07 Å². The van der Waals surface area contributed by atoms with E-state index in [4.69, 9.17) is 0 Å². The molecule has 1 aliphatic heterocycles. The van der Waals surface area contributed by atoms with Crippen LogP contribution in [0.15, 0.2) is 34.0 Å². The van der Waals surface area contributed by atoms with Gasteiger partial charge in [0.1, 0.15) is 0 Å². The summed E-state index contributed by atoms with van der Waals surface area (Å²) in [5.74, 6) is 0.579. The number of pyridine rings is 1. The molecule has 0 aliphatic carbocycles. The Bertz CT molecular complexity index is 863. The van der Waals surface area contributed by atoms with Crippen LogP contribution in [0.3, 0.4) is 0 Å². The molecule has 0 radical (unpaired) electrons. The van der Waals surface area contributed by atoms with Gasteiger partial charge in [0, 0.05) is 30.1 Å². The van der Waals surface area contributed by atoms with E-state index in [2.05, 4.69) is 11.9 Å². The van der Waals surface area contributed by atoms with Crippen molar-refractivity contribution in [2.45, 2.75) is 31.6 Å². The van der Waals surface area contributed by atoms with Crippen molar-refractivity contribution in [1.29, 1.82) is 0 Å². The number of piperidine rings is 1. The van der Waals surface area contributed by atoms with Crippen molar-refractivity contribution in [3.8, 4) is 0 Å². The van der Waals surface area contributed by atoms with Gasteiger partial charge >= 0.3 is 0 Å². The highest BCUT2D eigenvalue weighted by Crippen LogP contribution is 2.26. The van der Waals surface area contributed by atoms with Crippen molar-refractivity contribution >= 4 is 20.9 Å². The number of hydrogen-bond donors (Lipinski definition) is 1. The highest BCUT2D eigenvalue weighted by atomic mass is 32.2. The number of sulfonamides is 1. The molecule has 0 atom stereocenters. The molecule has 1 fully saturated rings. The van der Waals surface area contributed by atoms with E-state index in [0.717, 1.165) is 23.8 Å². The van der Waals surface area contributed by atoms with Gasteiger partial charge in [0.05, 0.1) is 4.90 Å². The summed E-state index contributed by atoms with van der Waals surface area (Å²) in [6, 6.07) is 6.39. The Hall–Kier alpha value is -1.66. The number of hydrogen-bond acceptors (Lipinski definition) is 3. The Balaban J connectivity index is 2.04. The summed E-state index contributed by atoms with van der Waals surface area (Å²) < 4.78 is 27.1. The summed E-state index contributed by atoms with van der Waals surface area (Å²) in [6.07, 6.45) is 1.80. The molecule has 1 aromatic heterocycles. The number of nitrogens with one attached hydrogen (secondary N) is 1. The summed E-state index contributed by atoms with van der Waals surface area (Å²) in [6.45, 7) is 5.12. The summed E-state index contributed by atoms with van der Waals surface area (Å²) >= 11 is 0. The maximum absolute atomic E-state index is 12.8. The summed E-state index contributed by atoms with van der Waals surface area (Å²) in [4.78, 5) is 14.5. The molecule has 0 amide bonds. The smallest absolute Gasteiger partial charge is 0.248 e. The minimum atomic E-state index is -3.46. The molecule has 118 valence electrons. The molecule has 0 bridgehead atoms. The monoisotopic (exact) mass is 320 g/mol. The Morgan fingerprint density at radius 3 is 2.55 bits per heavy atom.